The molecule has 0 fully saturated rings. The molecule has 176 valence electrons. The van der Waals surface area contributed by atoms with Crippen LogP contribution in [0, 0.1) is 10.1 Å². The summed E-state index contributed by atoms with van der Waals surface area (Å²) in [6, 6.07) is 19.7. The second-order valence-electron chi connectivity index (χ2n) is 7.18. The second kappa shape index (κ2) is 10.6. The summed E-state index contributed by atoms with van der Waals surface area (Å²) in [7, 11) is 1.56. The molecular formula is C24H19N5O5S. The highest BCUT2D eigenvalue weighted by Crippen LogP contribution is 2.22. The van der Waals surface area contributed by atoms with Gasteiger partial charge in [0.05, 0.1) is 40.6 Å². The van der Waals surface area contributed by atoms with Crippen molar-refractivity contribution < 1.29 is 14.5 Å². The van der Waals surface area contributed by atoms with Crippen LogP contribution in [0.4, 0.5) is 5.69 Å². The van der Waals surface area contributed by atoms with Gasteiger partial charge in [0.15, 0.2) is 5.16 Å². The molecule has 0 aliphatic rings. The van der Waals surface area contributed by atoms with Gasteiger partial charge in [0.25, 0.3) is 17.2 Å². The summed E-state index contributed by atoms with van der Waals surface area (Å²) in [6.45, 7) is 0. The number of hydrogen-bond donors (Lipinski definition) is 1. The van der Waals surface area contributed by atoms with E-state index in [1.807, 2.05) is 0 Å². The Kier molecular flexibility index (Phi) is 7.17. The Labute approximate surface area is 203 Å². The van der Waals surface area contributed by atoms with Crippen molar-refractivity contribution in [3.8, 4) is 11.4 Å². The molecular weight excluding hydrogens is 470 g/mol. The number of hydrazone groups is 1. The van der Waals surface area contributed by atoms with Gasteiger partial charge in [0, 0.05) is 12.1 Å². The number of methoxy groups -OCH3 is 1. The van der Waals surface area contributed by atoms with Crippen molar-refractivity contribution in [2.45, 2.75) is 5.16 Å². The molecule has 0 saturated carbocycles. The summed E-state index contributed by atoms with van der Waals surface area (Å²) in [4.78, 5) is 40.4. The number of amides is 1. The molecule has 0 aliphatic carbocycles. The summed E-state index contributed by atoms with van der Waals surface area (Å²) in [5.74, 6) is 0.199. The summed E-state index contributed by atoms with van der Waals surface area (Å²) in [6.07, 6.45) is 1.38. The van der Waals surface area contributed by atoms with E-state index in [1.165, 1.54) is 35.0 Å². The fraction of sp³-hybridized carbons (Fsp3) is 0.0833. The van der Waals surface area contributed by atoms with E-state index in [9.17, 15) is 19.7 Å². The molecule has 0 atom stereocenters. The Morgan fingerprint density at radius 1 is 1.14 bits per heavy atom. The normalized spacial score (nSPS) is 11.0. The maximum absolute atomic E-state index is 13.3. The minimum Gasteiger partial charge on any atom is -0.497 e. The SMILES string of the molecule is COc1ccc(-n2c(SCC(=O)N/N=C/c3ccc([N+](=O)[O-])cc3)nc3ccccc3c2=O)cc1. The number of carbonyl (C=O) groups is 1. The summed E-state index contributed by atoms with van der Waals surface area (Å²) in [5.41, 5.74) is 3.84. The van der Waals surface area contributed by atoms with E-state index in [0.717, 1.165) is 11.8 Å². The van der Waals surface area contributed by atoms with Crippen molar-refractivity contribution in [2.75, 3.05) is 12.9 Å². The molecule has 0 spiro atoms. The number of aromatic nitrogens is 2. The maximum Gasteiger partial charge on any atom is 0.269 e. The minimum atomic E-state index is -0.494. The van der Waals surface area contributed by atoms with Crippen LogP contribution < -0.4 is 15.7 Å². The number of carbonyl (C=O) groups excluding carboxylic acids is 1. The number of para-hydroxylation sites is 1. The standard InChI is InChI=1S/C24H19N5O5S/c1-34-19-12-10-17(11-13-19)28-23(31)20-4-2-3-5-21(20)26-24(28)35-15-22(30)27-25-14-16-6-8-18(9-7-16)29(32)33/h2-14H,15H2,1H3,(H,27,30)/b25-14+. The van der Waals surface area contributed by atoms with E-state index >= 15 is 0 Å². The predicted octanol–water partition coefficient (Wildman–Crippen LogP) is 3.54. The zero-order chi connectivity index (χ0) is 24.8. The van der Waals surface area contributed by atoms with E-state index in [0.29, 0.717) is 33.1 Å². The van der Waals surface area contributed by atoms with Crippen LogP contribution in [-0.2, 0) is 4.79 Å². The summed E-state index contributed by atoms with van der Waals surface area (Å²) in [5, 5.41) is 15.4. The van der Waals surface area contributed by atoms with Gasteiger partial charge >= 0.3 is 0 Å². The van der Waals surface area contributed by atoms with Crippen LogP contribution in [0.2, 0.25) is 0 Å². The second-order valence-corrected chi connectivity index (χ2v) is 8.12. The lowest BCUT2D eigenvalue weighted by Gasteiger charge is -2.13. The highest BCUT2D eigenvalue weighted by Gasteiger charge is 2.15. The van der Waals surface area contributed by atoms with Crippen molar-refractivity contribution in [2.24, 2.45) is 5.10 Å². The van der Waals surface area contributed by atoms with Crippen molar-refractivity contribution in [1.82, 2.24) is 15.0 Å². The summed E-state index contributed by atoms with van der Waals surface area (Å²) < 4.78 is 6.65. The van der Waals surface area contributed by atoms with Crippen LogP contribution in [0.5, 0.6) is 5.75 Å². The van der Waals surface area contributed by atoms with Gasteiger partial charge in [0.1, 0.15) is 5.75 Å². The number of nitro benzene ring substituents is 1. The van der Waals surface area contributed by atoms with E-state index < -0.39 is 10.8 Å². The van der Waals surface area contributed by atoms with Gasteiger partial charge in [0.2, 0.25) is 0 Å². The molecule has 1 N–H and O–H groups in total. The number of benzene rings is 3. The number of rotatable bonds is 8. The van der Waals surface area contributed by atoms with Gasteiger partial charge in [-0.25, -0.2) is 10.4 Å². The van der Waals surface area contributed by atoms with Gasteiger partial charge in [-0.05, 0) is 54.1 Å². The van der Waals surface area contributed by atoms with Gasteiger partial charge in [-0.2, -0.15) is 5.10 Å². The number of nitrogens with zero attached hydrogens (tertiary/aromatic N) is 4. The van der Waals surface area contributed by atoms with Crippen molar-refractivity contribution >= 4 is 40.5 Å². The third kappa shape index (κ3) is 5.53. The molecule has 4 rings (SSSR count). The van der Waals surface area contributed by atoms with Crippen LogP contribution >= 0.6 is 11.8 Å². The number of ether oxygens (including phenoxy) is 1. The van der Waals surface area contributed by atoms with Crippen LogP contribution in [0.15, 0.2) is 87.8 Å². The molecule has 3 aromatic carbocycles. The highest BCUT2D eigenvalue weighted by atomic mass is 32.2. The Hall–Kier alpha value is -4.51. The fourth-order valence-corrected chi connectivity index (χ4v) is 4.00. The number of nitro groups is 1. The largest absolute Gasteiger partial charge is 0.497 e. The molecule has 0 radical (unpaired) electrons. The molecule has 35 heavy (non-hydrogen) atoms. The molecule has 4 aromatic rings. The first kappa shape index (κ1) is 23.6. The van der Waals surface area contributed by atoms with Crippen molar-refractivity contribution in [3.05, 3.63) is 98.8 Å². The van der Waals surface area contributed by atoms with Gasteiger partial charge in [-0.15, -0.1) is 0 Å². The van der Waals surface area contributed by atoms with E-state index in [4.69, 9.17) is 4.74 Å². The number of hydrogen-bond acceptors (Lipinski definition) is 8. The zero-order valence-corrected chi connectivity index (χ0v) is 19.3. The lowest BCUT2D eigenvalue weighted by molar-refractivity contribution is -0.384. The average Bonchev–Trinajstić information content (AvgIpc) is 2.88. The molecule has 0 bridgehead atoms. The first-order valence-corrected chi connectivity index (χ1v) is 11.3. The fourth-order valence-electron chi connectivity index (χ4n) is 3.19. The van der Waals surface area contributed by atoms with Crippen LogP contribution in [0.25, 0.3) is 16.6 Å². The first-order valence-electron chi connectivity index (χ1n) is 10.3. The van der Waals surface area contributed by atoms with Gasteiger partial charge in [-0.1, -0.05) is 23.9 Å². The Morgan fingerprint density at radius 3 is 2.54 bits per heavy atom. The smallest absolute Gasteiger partial charge is 0.269 e. The lowest BCUT2D eigenvalue weighted by Crippen LogP contribution is -2.24. The molecule has 1 aromatic heterocycles. The van der Waals surface area contributed by atoms with Gasteiger partial charge < -0.3 is 4.74 Å². The molecule has 11 heteroatoms. The van der Waals surface area contributed by atoms with Crippen LogP contribution in [-0.4, -0.2) is 39.5 Å². The topological polar surface area (TPSA) is 129 Å². The molecule has 0 unspecified atom stereocenters. The third-order valence-corrected chi connectivity index (χ3v) is 5.85. The number of non-ortho nitro benzene ring substituents is 1. The highest BCUT2D eigenvalue weighted by molar-refractivity contribution is 7.99. The molecule has 10 nitrogen and oxygen atoms in total. The van der Waals surface area contributed by atoms with Gasteiger partial charge in [-0.3, -0.25) is 24.3 Å². The van der Waals surface area contributed by atoms with Crippen LogP contribution in [0.1, 0.15) is 5.56 Å². The van der Waals surface area contributed by atoms with Crippen LogP contribution in [0.3, 0.4) is 0 Å². The minimum absolute atomic E-state index is 0.0339. The van der Waals surface area contributed by atoms with E-state index in [2.05, 4.69) is 15.5 Å². The third-order valence-electron chi connectivity index (χ3n) is 4.91. The average molecular weight is 490 g/mol. The van der Waals surface area contributed by atoms with Crippen molar-refractivity contribution in [3.63, 3.8) is 0 Å². The zero-order valence-electron chi connectivity index (χ0n) is 18.5. The number of nitrogens with one attached hydrogen (secondary N) is 1. The Morgan fingerprint density at radius 2 is 1.86 bits per heavy atom. The Balaban J connectivity index is 1.52. The molecule has 1 amide bonds. The monoisotopic (exact) mass is 489 g/mol. The molecule has 1 heterocycles. The lowest BCUT2D eigenvalue weighted by atomic mass is 10.2. The maximum atomic E-state index is 13.3. The summed E-state index contributed by atoms with van der Waals surface area (Å²) >= 11 is 1.10. The van der Waals surface area contributed by atoms with E-state index in [1.54, 1.807) is 55.6 Å². The molecule has 0 saturated heterocycles. The number of fused-ring (bicyclic) bond motifs is 1. The molecule has 0 aliphatic heterocycles. The van der Waals surface area contributed by atoms with E-state index in [-0.39, 0.29) is 17.0 Å². The quantitative estimate of drug-likeness (QED) is 0.132. The number of thioether (sulfide) groups is 1. The Bertz CT molecular complexity index is 1470. The van der Waals surface area contributed by atoms with Crippen molar-refractivity contribution in [1.29, 1.82) is 0 Å². The predicted molar refractivity (Wildman–Crippen MR) is 133 cm³/mol. The first-order chi connectivity index (χ1) is 17.0.